The van der Waals surface area contributed by atoms with E-state index in [-0.39, 0.29) is 10.7 Å². The van der Waals surface area contributed by atoms with Gasteiger partial charge >= 0.3 is 0 Å². The number of aliphatic imine (C=N–C) groups is 1. The van der Waals surface area contributed by atoms with Crippen LogP contribution >= 0.6 is 11.8 Å². The lowest BCUT2D eigenvalue weighted by atomic mass is 9.96. The Hall–Kier alpha value is -0.550. The van der Waals surface area contributed by atoms with Gasteiger partial charge in [0.25, 0.3) is 5.91 Å². The van der Waals surface area contributed by atoms with Gasteiger partial charge in [0.05, 0.1) is 0 Å². The maximum absolute atomic E-state index is 12.2. The number of carbonyl (C=O) groups excluding carboxylic acids is 1. The molecule has 0 aromatic heterocycles. The van der Waals surface area contributed by atoms with Crippen LogP contribution in [0.4, 0.5) is 0 Å². The highest BCUT2D eigenvalue weighted by Gasteiger charge is 2.48. The zero-order chi connectivity index (χ0) is 12.9. The highest BCUT2D eigenvalue weighted by molar-refractivity contribution is 8.16. The minimum atomic E-state index is -0.307. The van der Waals surface area contributed by atoms with Gasteiger partial charge in [-0.05, 0) is 43.9 Å². The largest absolute Gasteiger partial charge is 0.381 e. The number of rotatable bonds is 1. The smallest absolute Gasteiger partial charge is 0.264 e. The number of hydrogen-bond acceptors (Lipinski definition) is 4. The first-order valence-electron chi connectivity index (χ1n) is 7.42. The Balaban J connectivity index is 1.43. The molecule has 0 aromatic carbocycles. The molecule has 2 saturated carbocycles. The van der Waals surface area contributed by atoms with Gasteiger partial charge in [0.15, 0.2) is 5.17 Å². The van der Waals surface area contributed by atoms with Crippen molar-refractivity contribution >= 4 is 22.8 Å². The van der Waals surface area contributed by atoms with Crippen LogP contribution in [-0.2, 0) is 9.53 Å². The number of thioether (sulfide) groups is 1. The van der Waals surface area contributed by atoms with E-state index in [9.17, 15) is 4.79 Å². The summed E-state index contributed by atoms with van der Waals surface area (Å²) in [5, 5.41) is 4.44. The van der Waals surface area contributed by atoms with E-state index in [1.54, 1.807) is 11.8 Å². The molecule has 1 N–H and O–H groups in total. The molecule has 4 rings (SSSR count). The maximum atomic E-state index is 12.2. The monoisotopic (exact) mass is 280 g/mol. The van der Waals surface area contributed by atoms with Gasteiger partial charge in [-0.2, -0.15) is 4.99 Å². The normalized spacial score (nSPS) is 39.9. The van der Waals surface area contributed by atoms with Gasteiger partial charge in [-0.1, -0.05) is 18.2 Å². The van der Waals surface area contributed by atoms with Gasteiger partial charge in [-0.25, -0.2) is 0 Å². The van der Waals surface area contributed by atoms with Crippen LogP contribution in [0.1, 0.15) is 38.5 Å². The van der Waals surface area contributed by atoms with Crippen LogP contribution in [0.3, 0.4) is 0 Å². The van der Waals surface area contributed by atoms with Crippen molar-refractivity contribution < 1.29 is 9.53 Å². The number of amides is 1. The molecule has 1 amide bonds. The van der Waals surface area contributed by atoms with Crippen molar-refractivity contribution in [3.8, 4) is 0 Å². The summed E-state index contributed by atoms with van der Waals surface area (Å²) in [6.45, 7) is 1.38. The lowest BCUT2D eigenvalue weighted by Crippen LogP contribution is -2.40. The Morgan fingerprint density at radius 3 is 2.79 bits per heavy atom. The van der Waals surface area contributed by atoms with Gasteiger partial charge < -0.3 is 10.1 Å². The molecule has 4 nitrogen and oxygen atoms in total. The Kier molecular flexibility index (Phi) is 2.88. The summed E-state index contributed by atoms with van der Waals surface area (Å²) in [4.78, 5) is 16.5. The summed E-state index contributed by atoms with van der Waals surface area (Å²) < 4.78 is 5.07. The van der Waals surface area contributed by atoms with Crippen LogP contribution in [0.25, 0.3) is 0 Å². The van der Waals surface area contributed by atoms with E-state index in [1.807, 2.05) is 0 Å². The molecule has 2 aliphatic carbocycles. The molecule has 2 aliphatic heterocycles. The molecule has 19 heavy (non-hydrogen) atoms. The van der Waals surface area contributed by atoms with Crippen LogP contribution in [0.5, 0.6) is 0 Å². The Morgan fingerprint density at radius 1 is 1.26 bits per heavy atom. The van der Waals surface area contributed by atoms with Crippen molar-refractivity contribution in [1.82, 2.24) is 5.32 Å². The Morgan fingerprint density at radius 2 is 2.11 bits per heavy atom. The average molecular weight is 280 g/mol. The van der Waals surface area contributed by atoms with Gasteiger partial charge in [0.1, 0.15) is 4.75 Å². The second kappa shape index (κ2) is 4.48. The van der Waals surface area contributed by atoms with Gasteiger partial charge in [0.2, 0.25) is 0 Å². The third-order valence-corrected chi connectivity index (χ3v) is 6.61. The van der Waals surface area contributed by atoms with Gasteiger partial charge in [0, 0.05) is 19.3 Å². The summed E-state index contributed by atoms with van der Waals surface area (Å²) in [5.41, 5.74) is 0. The molecule has 104 valence electrons. The summed E-state index contributed by atoms with van der Waals surface area (Å²) in [7, 11) is 0. The fraction of sp³-hybridized carbons (Fsp3) is 0.857. The molecule has 4 aliphatic rings. The number of carbonyl (C=O) groups is 1. The molecule has 3 atom stereocenters. The standard InChI is InChI=1S/C14H20N2O2S/c17-12-14(3-5-18-6-4-14)19-13(16-12)15-11-8-9-1-2-10(11)7-9/h9-11H,1-8H2,(H,15,16,17)/t9-,10+,11+/m1/s1. The Bertz CT molecular complexity index is 431. The third-order valence-electron chi connectivity index (χ3n) is 5.23. The van der Waals surface area contributed by atoms with Crippen molar-refractivity contribution in [3.05, 3.63) is 0 Å². The Labute approximate surface area is 117 Å². The van der Waals surface area contributed by atoms with Crippen molar-refractivity contribution in [1.29, 1.82) is 0 Å². The lowest BCUT2D eigenvalue weighted by molar-refractivity contribution is -0.122. The maximum Gasteiger partial charge on any atom is 0.264 e. The van der Waals surface area contributed by atoms with Crippen molar-refractivity contribution in [3.63, 3.8) is 0 Å². The predicted octanol–water partition coefficient (Wildman–Crippen LogP) is 1.94. The van der Waals surface area contributed by atoms with Crippen LogP contribution in [-0.4, -0.2) is 35.1 Å². The van der Waals surface area contributed by atoms with Gasteiger partial charge in [-0.3, -0.25) is 4.79 Å². The number of nitrogens with one attached hydrogen (secondary N) is 1. The topological polar surface area (TPSA) is 50.7 Å². The first kappa shape index (κ1) is 12.2. The van der Waals surface area contributed by atoms with Crippen LogP contribution in [0.15, 0.2) is 4.99 Å². The second-order valence-corrected chi connectivity index (χ2v) is 7.73. The molecular formula is C14H20N2O2S. The number of ether oxygens (including phenoxy) is 1. The highest BCUT2D eigenvalue weighted by Crippen LogP contribution is 2.46. The number of hydrogen-bond donors (Lipinski definition) is 1. The van der Waals surface area contributed by atoms with Gasteiger partial charge in [-0.15, -0.1) is 0 Å². The number of fused-ring (bicyclic) bond motifs is 2. The summed E-state index contributed by atoms with van der Waals surface area (Å²) in [6, 6.07) is 0.563. The average Bonchev–Trinajstić information content (AvgIpc) is 3.08. The predicted molar refractivity (Wildman–Crippen MR) is 75.2 cm³/mol. The minimum absolute atomic E-state index is 0.0615. The van der Waals surface area contributed by atoms with Crippen LogP contribution in [0.2, 0.25) is 0 Å². The van der Waals surface area contributed by atoms with E-state index in [1.165, 1.54) is 25.7 Å². The van der Waals surface area contributed by atoms with Crippen LogP contribution in [0, 0.1) is 11.8 Å². The first-order chi connectivity index (χ1) is 9.25. The summed E-state index contributed by atoms with van der Waals surface area (Å²) in [6.07, 6.45) is 7.02. The molecule has 5 heteroatoms. The minimum Gasteiger partial charge on any atom is -0.381 e. The molecule has 2 bridgehead atoms. The summed E-state index contributed by atoms with van der Waals surface area (Å²) >= 11 is 1.67. The van der Waals surface area contributed by atoms with E-state index >= 15 is 0 Å². The molecule has 0 aromatic rings. The molecule has 3 fully saturated rings. The fourth-order valence-corrected chi connectivity index (χ4v) is 5.32. The third kappa shape index (κ3) is 2.02. The van der Waals surface area contributed by atoms with Crippen molar-refractivity contribution in [2.75, 3.05) is 13.2 Å². The van der Waals surface area contributed by atoms with Crippen LogP contribution < -0.4 is 5.32 Å². The quantitative estimate of drug-likeness (QED) is 0.797. The van der Waals surface area contributed by atoms with E-state index in [4.69, 9.17) is 4.74 Å². The zero-order valence-corrected chi connectivity index (χ0v) is 11.9. The lowest BCUT2D eigenvalue weighted by Gasteiger charge is -2.30. The first-order valence-corrected chi connectivity index (χ1v) is 8.23. The second-order valence-electron chi connectivity index (χ2n) is 6.36. The highest BCUT2D eigenvalue weighted by atomic mass is 32.2. The zero-order valence-electron chi connectivity index (χ0n) is 11.1. The molecular weight excluding hydrogens is 260 g/mol. The number of amidine groups is 1. The molecule has 0 radical (unpaired) electrons. The van der Waals surface area contributed by atoms with E-state index in [0.717, 1.165) is 29.8 Å². The van der Waals surface area contributed by atoms with E-state index < -0.39 is 0 Å². The SMILES string of the molecule is O=C1N=C(N[C@H]2C[C@@H]3CC[C@H]2C3)SC12CCOCC2. The van der Waals surface area contributed by atoms with E-state index in [2.05, 4.69) is 10.3 Å². The van der Waals surface area contributed by atoms with E-state index in [0.29, 0.717) is 19.3 Å². The fourth-order valence-electron chi connectivity index (χ4n) is 4.10. The molecule has 1 spiro atoms. The number of nitrogens with zero attached hydrogens (tertiary/aromatic N) is 1. The molecule has 1 saturated heterocycles. The van der Waals surface area contributed by atoms with Crippen molar-refractivity contribution in [2.24, 2.45) is 16.8 Å². The molecule has 0 unspecified atom stereocenters. The molecule has 2 heterocycles. The summed E-state index contributed by atoms with van der Waals surface area (Å²) in [5.74, 6) is 1.79. The van der Waals surface area contributed by atoms with Crippen molar-refractivity contribution in [2.45, 2.75) is 49.3 Å².